The lowest BCUT2D eigenvalue weighted by molar-refractivity contribution is 0.555. The van der Waals surface area contributed by atoms with Crippen LogP contribution in [0.2, 0.25) is 0 Å². The molecule has 0 saturated heterocycles. The second-order valence-electron chi connectivity index (χ2n) is 2.37. The molecule has 3 nitrogen and oxygen atoms in total. The van der Waals surface area contributed by atoms with E-state index in [9.17, 15) is 4.79 Å². The quantitative estimate of drug-likeness (QED) is 0.585. The molecule has 0 spiro atoms. The first-order valence-corrected chi connectivity index (χ1v) is 3.39. The highest BCUT2D eigenvalue weighted by Crippen LogP contribution is 2.10. The number of nitrogens with one attached hydrogen (secondary N) is 1. The minimum Gasteiger partial charge on any atom is -0.408 e. The van der Waals surface area contributed by atoms with Crippen LogP contribution in [0, 0.1) is 12.3 Å². The fourth-order valence-corrected chi connectivity index (χ4v) is 1.04. The Morgan fingerprint density at radius 2 is 2.33 bits per heavy atom. The maximum absolute atomic E-state index is 10.7. The number of hydrogen-bond donors (Lipinski definition) is 1. The molecule has 0 aliphatic rings. The summed E-state index contributed by atoms with van der Waals surface area (Å²) >= 11 is 0. The van der Waals surface area contributed by atoms with Gasteiger partial charge in [-0.15, -0.1) is 6.42 Å². The normalized spacial score (nSPS) is 9.92. The molecule has 0 fully saturated rings. The van der Waals surface area contributed by atoms with Gasteiger partial charge in [0.1, 0.15) is 0 Å². The second-order valence-corrected chi connectivity index (χ2v) is 2.37. The Bertz CT molecular complexity index is 513. The molecular weight excluding hydrogens is 154 g/mol. The van der Waals surface area contributed by atoms with Crippen LogP contribution in [0.5, 0.6) is 0 Å². The molecule has 0 aliphatic carbocycles. The number of rotatable bonds is 0. The van der Waals surface area contributed by atoms with Crippen molar-refractivity contribution in [1.29, 1.82) is 0 Å². The molecule has 12 heavy (non-hydrogen) atoms. The van der Waals surface area contributed by atoms with Crippen molar-refractivity contribution in [3.63, 3.8) is 0 Å². The third-order valence-corrected chi connectivity index (χ3v) is 1.59. The van der Waals surface area contributed by atoms with Gasteiger partial charge in [-0.05, 0) is 18.2 Å². The molecule has 0 unspecified atom stereocenters. The molecule has 58 valence electrons. The SMILES string of the molecule is C#Cc1ccc2oc(=O)[nH]c2c1. The van der Waals surface area contributed by atoms with Crippen LogP contribution in [0.15, 0.2) is 27.4 Å². The van der Waals surface area contributed by atoms with Gasteiger partial charge in [0.25, 0.3) is 0 Å². The van der Waals surface area contributed by atoms with Gasteiger partial charge < -0.3 is 4.42 Å². The van der Waals surface area contributed by atoms with Gasteiger partial charge in [-0.25, -0.2) is 4.79 Å². The summed E-state index contributed by atoms with van der Waals surface area (Å²) < 4.78 is 4.79. The zero-order chi connectivity index (χ0) is 8.55. The molecule has 0 radical (unpaired) electrons. The van der Waals surface area contributed by atoms with Crippen molar-refractivity contribution < 1.29 is 4.42 Å². The summed E-state index contributed by atoms with van der Waals surface area (Å²) in [5, 5.41) is 0. The molecule has 0 amide bonds. The predicted octanol–water partition coefficient (Wildman–Crippen LogP) is 1.10. The molecule has 0 saturated carbocycles. The summed E-state index contributed by atoms with van der Waals surface area (Å²) in [6, 6.07) is 5.09. The summed E-state index contributed by atoms with van der Waals surface area (Å²) in [5.74, 6) is 2.01. The van der Waals surface area contributed by atoms with Crippen LogP contribution in [0.3, 0.4) is 0 Å². The van der Waals surface area contributed by atoms with Crippen molar-refractivity contribution in [3.8, 4) is 12.3 Å². The molecule has 0 aliphatic heterocycles. The Kier molecular flexibility index (Phi) is 1.28. The molecule has 2 rings (SSSR count). The van der Waals surface area contributed by atoms with E-state index >= 15 is 0 Å². The number of aromatic amines is 1. The van der Waals surface area contributed by atoms with Crippen LogP contribution >= 0.6 is 0 Å². The average Bonchev–Trinajstić information content (AvgIpc) is 2.43. The van der Waals surface area contributed by atoms with Gasteiger partial charge in [0.05, 0.1) is 5.52 Å². The van der Waals surface area contributed by atoms with Crippen molar-refractivity contribution in [2.45, 2.75) is 0 Å². The highest BCUT2D eigenvalue weighted by molar-refractivity contribution is 5.73. The fourth-order valence-electron chi connectivity index (χ4n) is 1.04. The third-order valence-electron chi connectivity index (χ3n) is 1.59. The van der Waals surface area contributed by atoms with Crippen LogP contribution in [-0.2, 0) is 0 Å². The Morgan fingerprint density at radius 1 is 1.50 bits per heavy atom. The lowest BCUT2D eigenvalue weighted by Crippen LogP contribution is -1.92. The molecule has 0 atom stereocenters. The van der Waals surface area contributed by atoms with Gasteiger partial charge in [0, 0.05) is 5.56 Å². The van der Waals surface area contributed by atoms with Crippen molar-refractivity contribution in [2.24, 2.45) is 0 Å². The van der Waals surface area contributed by atoms with E-state index in [1.165, 1.54) is 0 Å². The van der Waals surface area contributed by atoms with E-state index in [1.807, 2.05) is 0 Å². The summed E-state index contributed by atoms with van der Waals surface area (Å²) in [4.78, 5) is 13.2. The van der Waals surface area contributed by atoms with Gasteiger partial charge in [0.2, 0.25) is 0 Å². The molecule has 0 bridgehead atoms. The largest absolute Gasteiger partial charge is 0.417 e. The Labute approximate surface area is 68.0 Å². The molecule has 2 aromatic rings. The van der Waals surface area contributed by atoms with Crippen molar-refractivity contribution in [3.05, 3.63) is 34.3 Å². The molecule has 1 aromatic carbocycles. The summed E-state index contributed by atoms with van der Waals surface area (Å²) in [5.41, 5.74) is 1.88. The highest BCUT2D eigenvalue weighted by Gasteiger charge is 1.99. The number of fused-ring (bicyclic) bond motifs is 1. The van der Waals surface area contributed by atoms with Gasteiger partial charge in [0.15, 0.2) is 5.58 Å². The smallest absolute Gasteiger partial charge is 0.408 e. The van der Waals surface area contributed by atoms with Crippen molar-refractivity contribution in [1.82, 2.24) is 4.98 Å². The van der Waals surface area contributed by atoms with Crippen LogP contribution in [0.25, 0.3) is 11.1 Å². The lowest BCUT2D eigenvalue weighted by Gasteiger charge is -1.87. The highest BCUT2D eigenvalue weighted by atomic mass is 16.4. The predicted molar refractivity (Wildman–Crippen MR) is 44.8 cm³/mol. The van der Waals surface area contributed by atoms with E-state index in [1.54, 1.807) is 18.2 Å². The van der Waals surface area contributed by atoms with Gasteiger partial charge in [-0.2, -0.15) is 0 Å². The van der Waals surface area contributed by atoms with Gasteiger partial charge in [-0.1, -0.05) is 5.92 Å². The molecule has 1 N–H and O–H groups in total. The summed E-state index contributed by atoms with van der Waals surface area (Å²) in [6.07, 6.45) is 5.18. The van der Waals surface area contributed by atoms with Gasteiger partial charge in [-0.3, -0.25) is 4.98 Å². The van der Waals surface area contributed by atoms with E-state index in [0.717, 1.165) is 5.56 Å². The van der Waals surface area contributed by atoms with E-state index in [0.29, 0.717) is 11.1 Å². The molecule has 1 heterocycles. The van der Waals surface area contributed by atoms with E-state index < -0.39 is 5.76 Å². The standard InChI is InChI=1S/C9H5NO2/c1-2-6-3-4-8-7(5-6)10-9(11)12-8/h1,3-5H,(H,10,11). The van der Waals surface area contributed by atoms with Crippen molar-refractivity contribution >= 4 is 11.1 Å². The minimum absolute atomic E-state index is 0.459. The Hall–Kier alpha value is -1.95. The van der Waals surface area contributed by atoms with Gasteiger partial charge >= 0.3 is 5.76 Å². The van der Waals surface area contributed by atoms with E-state index in [-0.39, 0.29) is 0 Å². The second kappa shape index (κ2) is 2.28. The Morgan fingerprint density at radius 3 is 3.08 bits per heavy atom. The lowest BCUT2D eigenvalue weighted by atomic mass is 10.2. The Balaban J connectivity index is 2.85. The number of H-pyrrole nitrogens is 1. The van der Waals surface area contributed by atoms with Crippen LogP contribution in [0.1, 0.15) is 5.56 Å². The van der Waals surface area contributed by atoms with Crippen LogP contribution in [-0.4, -0.2) is 4.98 Å². The first-order chi connectivity index (χ1) is 5.79. The number of terminal acetylenes is 1. The van der Waals surface area contributed by atoms with Crippen molar-refractivity contribution in [2.75, 3.05) is 0 Å². The molecule has 3 heteroatoms. The van der Waals surface area contributed by atoms with E-state index in [4.69, 9.17) is 10.8 Å². The number of oxazole rings is 1. The minimum atomic E-state index is -0.459. The fraction of sp³-hybridized carbons (Fsp3) is 0. The summed E-state index contributed by atoms with van der Waals surface area (Å²) in [7, 11) is 0. The average molecular weight is 159 g/mol. The first kappa shape index (κ1) is 6.74. The zero-order valence-corrected chi connectivity index (χ0v) is 6.13. The first-order valence-electron chi connectivity index (χ1n) is 3.39. The maximum Gasteiger partial charge on any atom is 0.417 e. The monoisotopic (exact) mass is 159 g/mol. The number of hydrogen-bond acceptors (Lipinski definition) is 2. The molecule has 1 aromatic heterocycles. The number of aromatic nitrogens is 1. The van der Waals surface area contributed by atoms with Crippen LogP contribution < -0.4 is 5.76 Å². The summed E-state index contributed by atoms with van der Waals surface area (Å²) in [6.45, 7) is 0. The maximum atomic E-state index is 10.7. The third kappa shape index (κ3) is 0.903. The molecular formula is C9H5NO2. The topological polar surface area (TPSA) is 46.0 Å². The number of benzene rings is 1. The van der Waals surface area contributed by atoms with E-state index in [2.05, 4.69) is 10.9 Å². The van der Waals surface area contributed by atoms with Crippen LogP contribution in [0.4, 0.5) is 0 Å². The zero-order valence-electron chi connectivity index (χ0n) is 6.13.